The average Bonchev–Trinajstić information content (AvgIpc) is 2.32. The molecule has 0 heterocycles. The van der Waals surface area contributed by atoms with Crippen molar-refractivity contribution in [3.63, 3.8) is 0 Å². The van der Waals surface area contributed by atoms with Crippen LogP contribution in [0.25, 0.3) is 0 Å². The van der Waals surface area contributed by atoms with Crippen molar-refractivity contribution >= 4 is 43.5 Å². The number of hydrogen-bond acceptors (Lipinski definition) is 0. The van der Waals surface area contributed by atoms with Gasteiger partial charge in [0.05, 0.1) is 5.02 Å². The van der Waals surface area contributed by atoms with Crippen LogP contribution < -0.4 is 0 Å². The predicted octanol–water partition coefficient (Wildman–Crippen LogP) is 7.04. The maximum atomic E-state index is 14.1. The highest BCUT2D eigenvalue weighted by Gasteiger charge is 2.24. The Morgan fingerprint density at radius 3 is 2.32 bits per heavy atom. The Bertz CT molecular complexity index is 428. The van der Waals surface area contributed by atoms with Gasteiger partial charge >= 0.3 is 0 Å². The summed E-state index contributed by atoms with van der Waals surface area (Å²) in [6, 6.07) is 3.22. The Balaban J connectivity index is 2.17. The van der Waals surface area contributed by atoms with E-state index in [1.165, 1.54) is 51.0 Å². The topological polar surface area (TPSA) is 0 Å². The second kappa shape index (κ2) is 7.42. The standard InChI is InChI=1S/C15H18Br2ClF/c16-12-9-14(19)11(8-13(12)18)15(17)10-6-4-2-1-3-5-7-10/h8-10,15H,1-7H2. The molecular weight excluding hydrogens is 394 g/mol. The Morgan fingerprint density at radius 2 is 1.68 bits per heavy atom. The van der Waals surface area contributed by atoms with Crippen LogP contribution in [0, 0.1) is 11.7 Å². The van der Waals surface area contributed by atoms with Gasteiger partial charge in [-0.2, -0.15) is 0 Å². The van der Waals surface area contributed by atoms with Crippen LogP contribution in [0.1, 0.15) is 55.3 Å². The van der Waals surface area contributed by atoms with E-state index in [0.717, 1.165) is 0 Å². The number of benzene rings is 1. The number of alkyl halides is 1. The van der Waals surface area contributed by atoms with Gasteiger partial charge in [0.2, 0.25) is 0 Å². The highest BCUT2D eigenvalue weighted by molar-refractivity contribution is 9.10. The zero-order valence-corrected chi connectivity index (χ0v) is 14.7. The van der Waals surface area contributed by atoms with Crippen molar-refractivity contribution in [2.75, 3.05) is 0 Å². The van der Waals surface area contributed by atoms with Gasteiger partial charge in [0.15, 0.2) is 0 Å². The molecular formula is C15H18Br2ClF. The molecule has 106 valence electrons. The minimum Gasteiger partial charge on any atom is -0.207 e. The summed E-state index contributed by atoms with van der Waals surface area (Å²) in [5.74, 6) is 0.326. The average molecular weight is 413 g/mol. The molecule has 1 saturated carbocycles. The minimum absolute atomic E-state index is 0.0659. The molecule has 1 aromatic carbocycles. The maximum absolute atomic E-state index is 14.1. The third-order valence-corrected chi connectivity index (χ3v) is 6.34. The van der Waals surface area contributed by atoms with Crippen LogP contribution in [0.5, 0.6) is 0 Å². The fourth-order valence-electron chi connectivity index (χ4n) is 2.78. The molecule has 0 bridgehead atoms. The third-order valence-electron chi connectivity index (χ3n) is 3.90. The van der Waals surface area contributed by atoms with E-state index < -0.39 is 0 Å². The van der Waals surface area contributed by atoms with Gasteiger partial charge in [-0.25, -0.2) is 4.39 Å². The largest absolute Gasteiger partial charge is 0.207 e. The van der Waals surface area contributed by atoms with Crippen LogP contribution in [-0.4, -0.2) is 0 Å². The van der Waals surface area contributed by atoms with E-state index in [2.05, 4.69) is 31.9 Å². The van der Waals surface area contributed by atoms with E-state index in [1.807, 2.05) is 0 Å². The summed E-state index contributed by atoms with van der Waals surface area (Å²) in [6.45, 7) is 0. The van der Waals surface area contributed by atoms with Gasteiger partial charge in [-0.05, 0) is 46.8 Å². The van der Waals surface area contributed by atoms with Crippen molar-refractivity contribution in [3.8, 4) is 0 Å². The summed E-state index contributed by atoms with van der Waals surface area (Å²) in [6.07, 6.45) is 8.79. The summed E-state index contributed by atoms with van der Waals surface area (Å²) in [7, 11) is 0. The second-order valence-corrected chi connectivity index (χ2v) is 7.54. The van der Waals surface area contributed by atoms with Gasteiger partial charge in [0.1, 0.15) is 5.82 Å². The fraction of sp³-hybridized carbons (Fsp3) is 0.600. The van der Waals surface area contributed by atoms with Gasteiger partial charge in [-0.3, -0.25) is 0 Å². The fourth-order valence-corrected chi connectivity index (χ4v) is 4.15. The molecule has 1 fully saturated rings. The normalized spacial score (nSPS) is 19.8. The quantitative estimate of drug-likeness (QED) is 0.361. The van der Waals surface area contributed by atoms with Crippen molar-refractivity contribution < 1.29 is 4.39 Å². The van der Waals surface area contributed by atoms with Gasteiger partial charge < -0.3 is 0 Å². The lowest BCUT2D eigenvalue weighted by atomic mass is 9.86. The van der Waals surface area contributed by atoms with Crippen LogP contribution in [-0.2, 0) is 0 Å². The van der Waals surface area contributed by atoms with Crippen LogP contribution >= 0.6 is 43.5 Å². The summed E-state index contributed by atoms with van der Waals surface area (Å²) in [5.41, 5.74) is 0.693. The molecule has 0 nitrogen and oxygen atoms in total. The van der Waals surface area contributed by atoms with Crippen LogP contribution in [0.15, 0.2) is 16.6 Å². The SMILES string of the molecule is Fc1cc(Br)c(Cl)cc1C(Br)C1CCCCCCC1. The summed E-state index contributed by atoms with van der Waals surface area (Å²) < 4.78 is 14.7. The second-order valence-electron chi connectivity index (χ2n) is 5.29. The third kappa shape index (κ3) is 4.18. The zero-order chi connectivity index (χ0) is 13.8. The van der Waals surface area contributed by atoms with E-state index in [0.29, 0.717) is 21.0 Å². The van der Waals surface area contributed by atoms with Crippen molar-refractivity contribution in [3.05, 3.63) is 33.0 Å². The van der Waals surface area contributed by atoms with Gasteiger partial charge in [0, 0.05) is 14.9 Å². The van der Waals surface area contributed by atoms with Crippen LogP contribution in [0.2, 0.25) is 5.02 Å². The minimum atomic E-state index is -0.180. The van der Waals surface area contributed by atoms with E-state index in [9.17, 15) is 4.39 Å². The Hall–Kier alpha value is 0.400. The van der Waals surface area contributed by atoms with Crippen LogP contribution in [0.3, 0.4) is 0 Å². The zero-order valence-electron chi connectivity index (χ0n) is 10.8. The Labute approximate surface area is 136 Å². The van der Waals surface area contributed by atoms with Crippen molar-refractivity contribution in [1.82, 2.24) is 0 Å². The molecule has 0 saturated heterocycles. The lowest BCUT2D eigenvalue weighted by molar-refractivity contribution is 0.370. The smallest absolute Gasteiger partial charge is 0.128 e. The first kappa shape index (κ1) is 15.8. The maximum Gasteiger partial charge on any atom is 0.128 e. The lowest BCUT2D eigenvalue weighted by Crippen LogP contribution is -2.11. The van der Waals surface area contributed by atoms with E-state index in [-0.39, 0.29) is 10.6 Å². The van der Waals surface area contributed by atoms with Crippen LogP contribution in [0.4, 0.5) is 4.39 Å². The molecule has 0 amide bonds. The number of rotatable bonds is 2. The molecule has 0 radical (unpaired) electrons. The Morgan fingerprint density at radius 1 is 1.11 bits per heavy atom. The lowest BCUT2D eigenvalue weighted by Gasteiger charge is -2.25. The van der Waals surface area contributed by atoms with Gasteiger partial charge in [-0.15, -0.1) is 0 Å². The van der Waals surface area contributed by atoms with Gasteiger partial charge in [0.25, 0.3) is 0 Å². The molecule has 0 spiro atoms. The highest BCUT2D eigenvalue weighted by atomic mass is 79.9. The van der Waals surface area contributed by atoms with Crippen molar-refractivity contribution in [1.29, 1.82) is 0 Å². The molecule has 1 atom stereocenters. The van der Waals surface area contributed by atoms with Crippen molar-refractivity contribution in [2.45, 2.75) is 49.8 Å². The molecule has 1 aliphatic carbocycles. The van der Waals surface area contributed by atoms with E-state index in [1.54, 1.807) is 6.07 Å². The highest BCUT2D eigenvalue weighted by Crippen LogP contribution is 2.41. The molecule has 2 rings (SSSR count). The number of hydrogen-bond donors (Lipinski definition) is 0. The van der Waals surface area contributed by atoms with E-state index in [4.69, 9.17) is 11.6 Å². The molecule has 1 aliphatic rings. The molecule has 1 unspecified atom stereocenters. The molecule has 19 heavy (non-hydrogen) atoms. The summed E-state index contributed by atoms with van der Waals surface area (Å²) >= 11 is 13.1. The first-order valence-electron chi connectivity index (χ1n) is 6.88. The van der Waals surface area contributed by atoms with Crippen molar-refractivity contribution in [2.24, 2.45) is 5.92 Å². The summed E-state index contributed by atoms with van der Waals surface area (Å²) in [5, 5.41) is 0.576. The monoisotopic (exact) mass is 410 g/mol. The van der Waals surface area contributed by atoms with Gasteiger partial charge in [-0.1, -0.05) is 59.6 Å². The predicted molar refractivity (Wildman–Crippen MR) is 86.6 cm³/mol. The number of halogens is 4. The molecule has 0 aliphatic heterocycles. The molecule has 0 N–H and O–H groups in total. The first-order chi connectivity index (χ1) is 9.09. The molecule has 0 aromatic heterocycles. The molecule has 4 heteroatoms. The molecule has 1 aromatic rings. The van der Waals surface area contributed by atoms with E-state index >= 15 is 0 Å². The Kier molecular flexibility index (Phi) is 6.16. The summed E-state index contributed by atoms with van der Waals surface area (Å²) in [4.78, 5) is 0.0659. The first-order valence-corrected chi connectivity index (χ1v) is 8.97.